The van der Waals surface area contributed by atoms with Gasteiger partial charge >= 0.3 is 5.69 Å². The van der Waals surface area contributed by atoms with Gasteiger partial charge in [-0.3, -0.25) is 14.3 Å². The minimum absolute atomic E-state index is 0.653. The van der Waals surface area contributed by atoms with Crippen molar-refractivity contribution in [3.63, 3.8) is 0 Å². The molecule has 0 aromatic carbocycles. The number of aromatic nitrogens is 2. The second-order valence-electron chi connectivity index (χ2n) is 4.04. The molecule has 7 nitrogen and oxygen atoms in total. The van der Waals surface area contributed by atoms with Crippen molar-refractivity contribution in [1.29, 1.82) is 0 Å². The van der Waals surface area contributed by atoms with Gasteiger partial charge in [-0.2, -0.15) is 0 Å². The SMILES string of the molecule is [2H]C([2H])([2H])O[C@@H]1[C@H](C)[C@@H](C([2H])([2H])O)O[C@H]1n1ccc(=O)[nH]c1=O. The summed E-state index contributed by atoms with van der Waals surface area (Å²) in [6.45, 7) is -1.33. The number of nitrogens with zero attached hydrogens (tertiary/aromatic N) is 1. The molecule has 7 heteroatoms. The summed E-state index contributed by atoms with van der Waals surface area (Å²) in [7, 11) is -2.82. The molecule has 0 amide bonds. The summed E-state index contributed by atoms with van der Waals surface area (Å²) in [5.74, 6) is -0.876. The minimum Gasteiger partial charge on any atom is -0.394 e. The zero-order chi connectivity index (χ0) is 17.6. The smallest absolute Gasteiger partial charge is 0.330 e. The summed E-state index contributed by atoms with van der Waals surface area (Å²) < 4.78 is 47.5. The van der Waals surface area contributed by atoms with E-state index in [-0.39, 0.29) is 0 Å². The molecule has 100 valence electrons. The Labute approximate surface area is 110 Å². The van der Waals surface area contributed by atoms with Gasteiger partial charge in [0.15, 0.2) is 6.23 Å². The van der Waals surface area contributed by atoms with Gasteiger partial charge in [-0.1, -0.05) is 6.92 Å². The fourth-order valence-electron chi connectivity index (χ4n) is 1.95. The monoisotopic (exact) mass is 261 g/mol. The predicted octanol–water partition coefficient (Wildman–Crippen LogP) is -0.923. The van der Waals surface area contributed by atoms with Crippen LogP contribution in [0.4, 0.5) is 0 Å². The molecule has 1 saturated heterocycles. The lowest BCUT2D eigenvalue weighted by Crippen LogP contribution is -2.36. The number of methoxy groups -OCH3 is 1. The van der Waals surface area contributed by atoms with Crippen LogP contribution in [0.2, 0.25) is 0 Å². The highest BCUT2D eigenvalue weighted by Gasteiger charge is 2.43. The summed E-state index contributed by atoms with van der Waals surface area (Å²) in [5.41, 5.74) is -1.52. The fourth-order valence-corrected chi connectivity index (χ4v) is 1.95. The first kappa shape index (κ1) is 7.88. The molecule has 1 aromatic rings. The summed E-state index contributed by atoms with van der Waals surface area (Å²) in [6, 6.07) is 1.03. The van der Waals surface area contributed by atoms with Crippen LogP contribution in [0, 0.1) is 5.92 Å². The summed E-state index contributed by atoms with van der Waals surface area (Å²) in [5, 5.41) is 9.55. The highest BCUT2D eigenvalue weighted by atomic mass is 16.6. The van der Waals surface area contributed by atoms with Gasteiger partial charge in [-0.25, -0.2) is 4.79 Å². The maximum absolute atomic E-state index is 11.9. The number of aliphatic hydroxyl groups is 1. The molecular weight excluding hydrogens is 240 g/mol. The van der Waals surface area contributed by atoms with Crippen molar-refractivity contribution in [1.82, 2.24) is 9.55 Å². The lowest BCUT2D eigenvalue weighted by Gasteiger charge is -2.20. The van der Waals surface area contributed by atoms with Crippen molar-refractivity contribution in [2.75, 3.05) is 13.6 Å². The summed E-state index contributed by atoms with van der Waals surface area (Å²) in [6.07, 6.45) is -2.89. The van der Waals surface area contributed by atoms with Gasteiger partial charge in [-0.15, -0.1) is 0 Å². The van der Waals surface area contributed by atoms with Gasteiger partial charge in [0.1, 0.15) is 6.10 Å². The van der Waals surface area contributed by atoms with E-state index in [0.29, 0.717) is 0 Å². The molecule has 2 rings (SSSR count). The Bertz CT molecular complexity index is 679. The largest absolute Gasteiger partial charge is 0.394 e. The number of rotatable bonds is 3. The highest BCUT2D eigenvalue weighted by Crippen LogP contribution is 2.34. The van der Waals surface area contributed by atoms with Crippen molar-refractivity contribution >= 4 is 0 Å². The number of hydrogen-bond donors (Lipinski definition) is 2. The minimum atomic E-state index is -2.82. The Kier molecular flexibility index (Phi) is 2.21. The van der Waals surface area contributed by atoms with Crippen LogP contribution in [-0.4, -0.2) is 40.5 Å². The first-order valence-corrected chi connectivity index (χ1v) is 5.27. The number of aromatic amines is 1. The maximum Gasteiger partial charge on any atom is 0.330 e. The Balaban J connectivity index is 2.45. The number of ether oxygens (including phenoxy) is 2. The van der Waals surface area contributed by atoms with Gasteiger partial charge in [0.25, 0.3) is 5.56 Å². The quantitative estimate of drug-likeness (QED) is 0.733. The molecule has 0 radical (unpaired) electrons. The van der Waals surface area contributed by atoms with Gasteiger partial charge < -0.3 is 14.6 Å². The molecule has 0 unspecified atom stereocenters. The maximum atomic E-state index is 11.9. The zero-order valence-electron chi connectivity index (χ0n) is 14.5. The van der Waals surface area contributed by atoms with Crippen molar-refractivity contribution < 1.29 is 21.4 Å². The van der Waals surface area contributed by atoms with Crippen molar-refractivity contribution in [3.05, 3.63) is 33.1 Å². The molecule has 1 aliphatic heterocycles. The highest BCUT2D eigenvalue weighted by molar-refractivity contribution is 4.92. The second kappa shape index (κ2) is 5.05. The lowest BCUT2D eigenvalue weighted by atomic mass is 10.0. The van der Waals surface area contributed by atoms with E-state index in [4.69, 9.17) is 16.3 Å². The van der Waals surface area contributed by atoms with Gasteiger partial charge in [0.2, 0.25) is 0 Å². The van der Waals surface area contributed by atoms with Crippen molar-refractivity contribution in [2.45, 2.75) is 25.4 Å². The first-order valence-electron chi connectivity index (χ1n) is 7.77. The Morgan fingerprint density at radius 3 is 3.11 bits per heavy atom. The van der Waals surface area contributed by atoms with Crippen LogP contribution in [0.25, 0.3) is 0 Å². The Hall–Kier alpha value is -1.44. The van der Waals surface area contributed by atoms with Gasteiger partial charge in [0, 0.05) is 25.2 Å². The molecule has 4 atom stereocenters. The number of hydrogen-bond acceptors (Lipinski definition) is 5. The molecular formula is C11H16N2O5. The zero-order valence-corrected chi connectivity index (χ0v) is 9.49. The molecule has 1 aromatic heterocycles. The molecule has 0 aliphatic carbocycles. The first-order chi connectivity index (χ1) is 10.4. The van der Waals surface area contributed by atoms with E-state index < -0.39 is 49.2 Å². The van der Waals surface area contributed by atoms with Crippen molar-refractivity contribution in [2.24, 2.45) is 5.92 Å². The predicted molar refractivity (Wildman–Crippen MR) is 62.3 cm³/mol. The molecule has 1 fully saturated rings. The second-order valence-corrected chi connectivity index (χ2v) is 4.04. The van der Waals surface area contributed by atoms with Crippen LogP contribution < -0.4 is 11.2 Å². The van der Waals surface area contributed by atoms with Gasteiger partial charge in [0.05, 0.1) is 19.5 Å². The lowest BCUT2D eigenvalue weighted by molar-refractivity contribution is -0.0625. The molecule has 1 aliphatic rings. The van der Waals surface area contributed by atoms with E-state index in [2.05, 4.69) is 0 Å². The van der Waals surface area contributed by atoms with E-state index >= 15 is 0 Å². The van der Waals surface area contributed by atoms with Crippen LogP contribution in [0.1, 0.15) is 20.0 Å². The van der Waals surface area contributed by atoms with E-state index in [1.54, 1.807) is 0 Å². The standard InChI is InChI=1S/C11H16N2O5/c1-6-7(5-14)18-10(9(6)17-2)13-4-3-8(15)12-11(13)16/h3-4,6-7,9-10,14H,5H2,1-2H3,(H,12,15,16)/t6-,7-,9-,10-/m1/s1/i2D3,5D2. The van der Waals surface area contributed by atoms with E-state index in [1.807, 2.05) is 4.98 Å². The third-order valence-corrected chi connectivity index (χ3v) is 2.95. The third kappa shape index (κ3) is 2.12. The van der Waals surface area contributed by atoms with Crippen LogP contribution in [-0.2, 0) is 9.47 Å². The van der Waals surface area contributed by atoms with Crippen molar-refractivity contribution in [3.8, 4) is 0 Å². The molecule has 2 N–H and O–H groups in total. The fraction of sp³-hybridized carbons (Fsp3) is 0.636. The van der Waals surface area contributed by atoms with Crippen LogP contribution in [0.3, 0.4) is 0 Å². The summed E-state index contributed by atoms with van der Waals surface area (Å²) in [4.78, 5) is 25.0. The Morgan fingerprint density at radius 2 is 2.50 bits per heavy atom. The average molecular weight is 261 g/mol. The molecule has 0 saturated carbocycles. The molecule has 2 heterocycles. The van der Waals surface area contributed by atoms with Crippen LogP contribution >= 0.6 is 0 Å². The molecule has 0 bridgehead atoms. The number of nitrogens with one attached hydrogen (secondary N) is 1. The van der Waals surface area contributed by atoms with E-state index in [0.717, 1.165) is 16.8 Å². The normalized spacial score (nSPS) is 37.3. The van der Waals surface area contributed by atoms with Crippen LogP contribution in [0.15, 0.2) is 21.9 Å². The average Bonchev–Trinajstić information content (AvgIpc) is 2.65. The third-order valence-electron chi connectivity index (χ3n) is 2.95. The molecule has 0 spiro atoms. The van der Waals surface area contributed by atoms with E-state index in [1.165, 1.54) is 6.92 Å². The van der Waals surface area contributed by atoms with Crippen LogP contribution in [0.5, 0.6) is 0 Å². The Morgan fingerprint density at radius 1 is 1.72 bits per heavy atom. The van der Waals surface area contributed by atoms with E-state index in [9.17, 15) is 14.7 Å². The topological polar surface area (TPSA) is 93.5 Å². The number of H-pyrrole nitrogens is 1. The summed E-state index contributed by atoms with van der Waals surface area (Å²) >= 11 is 0. The van der Waals surface area contributed by atoms with Gasteiger partial charge in [-0.05, 0) is 0 Å². The molecule has 18 heavy (non-hydrogen) atoms.